The fraction of sp³-hybridized carbons (Fsp3) is 0.364. The van der Waals surface area contributed by atoms with E-state index in [1.165, 1.54) is 0 Å². The number of hydrogen-bond donors (Lipinski definition) is 2. The zero-order valence-corrected chi connectivity index (χ0v) is 8.19. The number of nitrogens with two attached hydrogens (primary N) is 1. The molecule has 3 N–H and O–H groups in total. The molecule has 15 heavy (non-hydrogen) atoms. The van der Waals surface area contributed by atoms with Gasteiger partial charge in [-0.15, -0.1) is 0 Å². The van der Waals surface area contributed by atoms with Crippen LogP contribution in [0.4, 0.5) is 0 Å². The number of rotatable bonds is 1. The third-order valence-corrected chi connectivity index (χ3v) is 3.06. The molecule has 2 aliphatic heterocycles. The number of carbonyl (C=O) groups is 1. The lowest BCUT2D eigenvalue weighted by atomic mass is 9.83. The topological polar surface area (TPSA) is 67.7 Å². The first-order valence-electron chi connectivity index (χ1n) is 5.01. The van der Waals surface area contributed by atoms with E-state index >= 15 is 0 Å². The van der Waals surface area contributed by atoms with Crippen molar-refractivity contribution in [1.82, 2.24) is 5.32 Å². The lowest BCUT2D eigenvalue weighted by molar-refractivity contribution is -0.119. The molecule has 4 nitrogen and oxygen atoms in total. The summed E-state index contributed by atoms with van der Waals surface area (Å²) in [6.07, 6.45) is 7.73. The van der Waals surface area contributed by atoms with E-state index in [2.05, 4.69) is 5.32 Å². The Morgan fingerprint density at radius 2 is 2.47 bits per heavy atom. The molecule has 2 atom stereocenters. The quantitative estimate of drug-likeness (QED) is 0.460. The van der Waals surface area contributed by atoms with Crippen LogP contribution in [0.3, 0.4) is 0 Å². The molecule has 2 heterocycles. The van der Waals surface area contributed by atoms with Gasteiger partial charge in [0.2, 0.25) is 5.91 Å². The van der Waals surface area contributed by atoms with Crippen LogP contribution in [-0.2, 0) is 9.53 Å². The number of nitrogens with one attached hydrogen (secondary N) is 1. The fourth-order valence-corrected chi connectivity index (χ4v) is 2.19. The largest absolute Gasteiger partial charge is 0.382 e. The third kappa shape index (κ3) is 1.15. The number of epoxide rings is 1. The van der Waals surface area contributed by atoms with Crippen LogP contribution in [0.2, 0.25) is 0 Å². The minimum Gasteiger partial charge on any atom is -0.382 e. The number of ether oxygens (including phenoxy) is 1. The van der Waals surface area contributed by atoms with E-state index in [4.69, 9.17) is 10.5 Å². The summed E-state index contributed by atoms with van der Waals surface area (Å²) in [5.41, 5.74) is 7.03. The summed E-state index contributed by atoms with van der Waals surface area (Å²) < 4.78 is 5.44. The number of amides is 1. The van der Waals surface area contributed by atoms with Gasteiger partial charge in [0.1, 0.15) is 5.60 Å². The summed E-state index contributed by atoms with van der Waals surface area (Å²) in [5, 5.41) is 3.27. The second kappa shape index (κ2) is 2.73. The summed E-state index contributed by atoms with van der Waals surface area (Å²) >= 11 is 0. The standard InChI is InChI=1S/C11H12N2O2/c12-10(14)8-3-4-11(6-15-11)9-7(8)2-1-5-13-9/h1-4,8,13H,5-6H2,(H2,12,14). The van der Waals surface area contributed by atoms with Crippen LogP contribution in [0.25, 0.3) is 0 Å². The van der Waals surface area contributed by atoms with Crippen molar-refractivity contribution in [1.29, 1.82) is 0 Å². The first kappa shape index (κ1) is 8.73. The summed E-state index contributed by atoms with van der Waals surface area (Å²) in [5.74, 6) is -0.638. The van der Waals surface area contributed by atoms with E-state index in [1.807, 2.05) is 24.3 Å². The van der Waals surface area contributed by atoms with Crippen LogP contribution in [0.1, 0.15) is 0 Å². The number of allylic oxidation sites excluding steroid dienone is 1. The Bertz CT molecular complexity index is 416. The van der Waals surface area contributed by atoms with Gasteiger partial charge in [-0.05, 0) is 11.6 Å². The maximum Gasteiger partial charge on any atom is 0.228 e. The predicted molar refractivity (Wildman–Crippen MR) is 54.7 cm³/mol. The number of primary amides is 1. The number of dihydropyridines is 1. The average molecular weight is 204 g/mol. The Hall–Kier alpha value is -1.55. The van der Waals surface area contributed by atoms with Crippen LogP contribution >= 0.6 is 0 Å². The monoisotopic (exact) mass is 204 g/mol. The minimum absolute atomic E-state index is 0.286. The lowest BCUT2D eigenvalue weighted by Gasteiger charge is -2.28. The van der Waals surface area contributed by atoms with Gasteiger partial charge in [0.15, 0.2) is 0 Å². The van der Waals surface area contributed by atoms with Crippen molar-refractivity contribution in [2.75, 3.05) is 13.2 Å². The van der Waals surface area contributed by atoms with E-state index in [-0.39, 0.29) is 17.4 Å². The Balaban J connectivity index is 2.07. The Kier molecular flexibility index (Phi) is 1.59. The molecule has 1 aliphatic carbocycles. The van der Waals surface area contributed by atoms with Gasteiger partial charge in [-0.2, -0.15) is 0 Å². The second-order valence-electron chi connectivity index (χ2n) is 4.03. The zero-order valence-electron chi connectivity index (χ0n) is 8.19. The van der Waals surface area contributed by atoms with E-state index in [0.29, 0.717) is 6.61 Å². The van der Waals surface area contributed by atoms with Crippen molar-refractivity contribution in [2.24, 2.45) is 11.7 Å². The normalized spacial score (nSPS) is 36.4. The number of hydrogen-bond acceptors (Lipinski definition) is 3. The predicted octanol–water partition coefficient (Wildman–Crippen LogP) is -0.160. The van der Waals surface area contributed by atoms with Crippen LogP contribution in [0.15, 0.2) is 35.6 Å². The molecular formula is C11H12N2O2. The van der Waals surface area contributed by atoms with Gasteiger partial charge in [-0.1, -0.05) is 18.2 Å². The Morgan fingerprint density at radius 3 is 3.13 bits per heavy atom. The van der Waals surface area contributed by atoms with Crippen molar-refractivity contribution in [2.45, 2.75) is 5.60 Å². The van der Waals surface area contributed by atoms with E-state index in [0.717, 1.165) is 17.8 Å². The molecule has 0 radical (unpaired) electrons. The summed E-state index contributed by atoms with van der Waals surface area (Å²) in [6, 6.07) is 0. The highest BCUT2D eigenvalue weighted by atomic mass is 16.6. The lowest BCUT2D eigenvalue weighted by Crippen LogP contribution is -2.37. The molecule has 0 aromatic carbocycles. The number of carbonyl (C=O) groups excluding carboxylic acids is 1. The molecular weight excluding hydrogens is 192 g/mol. The third-order valence-electron chi connectivity index (χ3n) is 3.06. The van der Waals surface area contributed by atoms with E-state index < -0.39 is 0 Å². The van der Waals surface area contributed by atoms with Crippen molar-refractivity contribution in [3.63, 3.8) is 0 Å². The van der Waals surface area contributed by atoms with Gasteiger partial charge >= 0.3 is 0 Å². The summed E-state index contributed by atoms with van der Waals surface area (Å²) in [4.78, 5) is 11.3. The van der Waals surface area contributed by atoms with Crippen molar-refractivity contribution in [3.05, 3.63) is 35.6 Å². The zero-order chi connectivity index (χ0) is 10.5. The second-order valence-corrected chi connectivity index (χ2v) is 4.03. The first-order valence-corrected chi connectivity index (χ1v) is 5.01. The smallest absolute Gasteiger partial charge is 0.228 e. The molecule has 78 valence electrons. The summed E-state index contributed by atoms with van der Waals surface area (Å²) in [7, 11) is 0. The van der Waals surface area contributed by atoms with Crippen molar-refractivity contribution < 1.29 is 9.53 Å². The molecule has 1 amide bonds. The highest BCUT2D eigenvalue weighted by molar-refractivity contribution is 5.84. The van der Waals surface area contributed by atoms with Crippen molar-refractivity contribution >= 4 is 5.91 Å². The highest BCUT2D eigenvalue weighted by Crippen LogP contribution is 2.43. The van der Waals surface area contributed by atoms with Gasteiger partial charge in [-0.25, -0.2) is 0 Å². The molecule has 4 heteroatoms. The van der Waals surface area contributed by atoms with Crippen LogP contribution in [-0.4, -0.2) is 24.7 Å². The maximum absolute atomic E-state index is 11.3. The van der Waals surface area contributed by atoms with Crippen LogP contribution in [0.5, 0.6) is 0 Å². The minimum atomic E-state index is -0.320. The maximum atomic E-state index is 11.3. The SMILES string of the molecule is NC(=O)C1C=CC2(CO2)C2=C1C=CCN2. The van der Waals surface area contributed by atoms with Gasteiger partial charge in [0.25, 0.3) is 0 Å². The Labute approximate surface area is 87.5 Å². The Morgan fingerprint density at radius 1 is 1.67 bits per heavy atom. The molecule has 1 spiro atoms. The number of fused-ring (bicyclic) bond motifs is 1. The van der Waals surface area contributed by atoms with Gasteiger partial charge in [0, 0.05) is 6.54 Å². The van der Waals surface area contributed by atoms with Gasteiger partial charge in [-0.3, -0.25) is 4.79 Å². The molecule has 3 rings (SSSR count). The highest BCUT2D eigenvalue weighted by Gasteiger charge is 2.50. The van der Waals surface area contributed by atoms with Crippen molar-refractivity contribution in [3.8, 4) is 0 Å². The van der Waals surface area contributed by atoms with Crippen LogP contribution < -0.4 is 11.1 Å². The molecule has 0 aromatic rings. The molecule has 0 bridgehead atoms. The molecule has 0 aromatic heterocycles. The van der Waals surface area contributed by atoms with Crippen LogP contribution in [0, 0.1) is 5.92 Å². The first-order chi connectivity index (χ1) is 7.23. The van der Waals surface area contributed by atoms with Gasteiger partial charge < -0.3 is 15.8 Å². The molecule has 1 fully saturated rings. The molecule has 2 unspecified atom stereocenters. The molecule has 3 aliphatic rings. The van der Waals surface area contributed by atoms with E-state index in [9.17, 15) is 4.79 Å². The van der Waals surface area contributed by atoms with Gasteiger partial charge in [0.05, 0.1) is 18.2 Å². The fourth-order valence-electron chi connectivity index (χ4n) is 2.19. The van der Waals surface area contributed by atoms with E-state index in [1.54, 1.807) is 0 Å². The summed E-state index contributed by atoms with van der Waals surface area (Å²) in [6.45, 7) is 1.47. The molecule has 0 saturated carbocycles. The average Bonchev–Trinajstić information content (AvgIpc) is 2.99. The molecule has 1 saturated heterocycles.